The molecular formula is C11H8Cl2N2O3. The molecule has 1 heterocycles. The average molecular weight is 287 g/mol. The third-order valence-electron chi connectivity index (χ3n) is 2.04. The number of hydrogen-bond acceptors (Lipinski definition) is 5. The highest BCUT2D eigenvalue weighted by molar-refractivity contribution is 6.36. The van der Waals surface area contributed by atoms with E-state index in [-0.39, 0.29) is 18.4 Å². The topological polar surface area (TPSA) is 65.2 Å². The quantitative estimate of drug-likeness (QED) is 0.811. The molecule has 2 aromatic rings. The van der Waals surface area contributed by atoms with E-state index >= 15 is 0 Å². The number of nitrogens with zero attached hydrogens (tertiary/aromatic N) is 2. The first-order valence-corrected chi connectivity index (χ1v) is 5.83. The predicted octanol–water partition coefficient (Wildman–Crippen LogP) is 3.22. The van der Waals surface area contributed by atoms with Crippen molar-refractivity contribution in [2.45, 2.75) is 6.92 Å². The molecule has 94 valence electrons. The van der Waals surface area contributed by atoms with Gasteiger partial charge in [-0.3, -0.25) is 0 Å². The van der Waals surface area contributed by atoms with Crippen LogP contribution in [0.3, 0.4) is 0 Å². The van der Waals surface area contributed by atoms with E-state index in [9.17, 15) is 4.79 Å². The molecule has 1 aromatic carbocycles. The van der Waals surface area contributed by atoms with E-state index in [1.165, 1.54) is 0 Å². The first kappa shape index (κ1) is 12.9. The fraction of sp³-hybridized carbons (Fsp3) is 0.182. The zero-order chi connectivity index (χ0) is 13.1. The molecule has 0 spiro atoms. The Kier molecular flexibility index (Phi) is 3.84. The molecule has 1 aromatic heterocycles. The summed E-state index contributed by atoms with van der Waals surface area (Å²) in [5.74, 6) is -0.737. The monoisotopic (exact) mass is 286 g/mol. The largest absolute Gasteiger partial charge is 0.459 e. The Morgan fingerprint density at radius 3 is 2.83 bits per heavy atom. The highest BCUT2D eigenvalue weighted by Gasteiger charge is 2.18. The molecule has 0 saturated carbocycles. The van der Waals surface area contributed by atoms with Crippen molar-refractivity contribution < 1.29 is 13.9 Å². The molecule has 0 unspecified atom stereocenters. The maximum absolute atomic E-state index is 11.4. The number of halogens is 2. The summed E-state index contributed by atoms with van der Waals surface area (Å²) in [5.41, 5.74) is 0.504. The lowest BCUT2D eigenvalue weighted by molar-refractivity contribution is 0.0481. The third kappa shape index (κ3) is 2.63. The summed E-state index contributed by atoms with van der Waals surface area (Å²) in [4.78, 5) is 11.4. The van der Waals surface area contributed by atoms with Gasteiger partial charge in [0.25, 0.3) is 0 Å². The maximum atomic E-state index is 11.4. The summed E-state index contributed by atoms with van der Waals surface area (Å²) in [5, 5.41) is 8.18. The van der Waals surface area contributed by atoms with Crippen LogP contribution in [0.15, 0.2) is 22.6 Å². The van der Waals surface area contributed by atoms with Crippen molar-refractivity contribution in [1.29, 1.82) is 0 Å². The third-order valence-corrected chi connectivity index (χ3v) is 2.58. The van der Waals surface area contributed by atoms with Gasteiger partial charge in [0.15, 0.2) is 0 Å². The maximum Gasteiger partial charge on any atom is 0.396 e. The van der Waals surface area contributed by atoms with Crippen molar-refractivity contribution in [2.24, 2.45) is 0 Å². The Bertz CT molecular complexity index is 583. The molecule has 0 aliphatic heterocycles. The van der Waals surface area contributed by atoms with Gasteiger partial charge in [-0.05, 0) is 25.1 Å². The van der Waals surface area contributed by atoms with E-state index in [0.29, 0.717) is 15.6 Å². The number of carbonyl (C=O) groups is 1. The lowest BCUT2D eigenvalue weighted by atomic mass is 10.2. The number of carbonyl (C=O) groups excluding carboxylic acids is 1. The molecule has 0 saturated heterocycles. The summed E-state index contributed by atoms with van der Waals surface area (Å²) in [6.45, 7) is 1.92. The lowest BCUT2D eigenvalue weighted by Crippen LogP contribution is -2.04. The van der Waals surface area contributed by atoms with E-state index in [1.54, 1.807) is 25.1 Å². The lowest BCUT2D eigenvalue weighted by Gasteiger charge is -1.99. The minimum absolute atomic E-state index is 0.139. The van der Waals surface area contributed by atoms with E-state index in [1.807, 2.05) is 0 Å². The molecule has 2 rings (SSSR count). The summed E-state index contributed by atoms with van der Waals surface area (Å²) in [6, 6.07) is 4.82. The van der Waals surface area contributed by atoms with Crippen LogP contribution in [0.5, 0.6) is 0 Å². The first-order valence-electron chi connectivity index (χ1n) is 5.08. The predicted molar refractivity (Wildman–Crippen MR) is 65.7 cm³/mol. The standard InChI is InChI=1S/C11H8Cl2N2O3/c1-2-17-11(16)10-15-14-9(18-10)7-4-3-6(12)5-8(7)13/h3-5H,2H2,1H3. The Balaban J connectivity index is 2.32. The van der Waals surface area contributed by atoms with Crippen LogP contribution in [0, 0.1) is 0 Å². The Labute approximate surface area is 113 Å². The number of rotatable bonds is 3. The SMILES string of the molecule is CCOC(=O)c1nnc(-c2ccc(Cl)cc2Cl)o1. The summed E-state index contributed by atoms with van der Waals surface area (Å²) < 4.78 is 9.92. The van der Waals surface area contributed by atoms with Crippen LogP contribution in [0.4, 0.5) is 0 Å². The Hall–Kier alpha value is -1.59. The number of ether oxygens (including phenoxy) is 1. The van der Waals surface area contributed by atoms with Crippen molar-refractivity contribution in [3.63, 3.8) is 0 Å². The smallest absolute Gasteiger partial charge is 0.396 e. The van der Waals surface area contributed by atoms with Gasteiger partial charge < -0.3 is 9.15 Å². The van der Waals surface area contributed by atoms with Gasteiger partial charge in [-0.15, -0.1) is 10.2 Å². The number of aromatic nitrogens is 2. The molecular weight excluding hydrogens is 279 g/mol. The highest BCUT2D eigenvalue weighted by Crippen LogP contribution is 2.29. The minimum atomic E-state index is -0.665. The molecule has 18 heavy (non-hydrogen) atoms. The van der Waals surface area contributed by atoms with E-state index in [0.717, 1.165) is 0 Å². The van der Waals surface area contributed by atoms with Gasteiger partial charge in [0.2, 0.25) is 5.89 Å². The summed E-state index contributed by atoms with van der Waals surface area (Å²) in [7, 11) is 0. The second kappa shape index (κ2) is 5.37. The molecule has 0 atom stereocenters. The van der Waals surface area contributed by atoms with Crippen molar-refractivity contribution >= 4 is 29.2 Å². The van der Waals surface area contributed by atoms with Crippen LogP contribution < -0.4 is 0 Å². The normalized spacial score (nSPS) is 10.4. The molecule has 0 fully saturated rings. The Morgan fingerprint density at radius 2 is 2.17 bits per heavy atom. The van der Waals surface area contributed by atoms with Crippen LogP contribution in [-0.2, 0) is 4.74 Å². The second-order valence-corrected chi connectivity index (χ2v) is 4.10. The van der Waals surface area contributed by atoms with Gasteiger partial charge in [0.1, 0.15) is 0 Å². The molecule has 5 nitrogen and oxygen atoms in total. The molecule has 0 bridgehead atoms. The minimum Gasteiger partial charge on any atom is -0.459 e. The Morgan fingerprint density at radius 1 is 1.39 bits per heavy atom. The molecule has 7 heteroatoms. The van der Waals surface area contributed by atoms with Gasteiger partial charge >= 0.3 is 11.9 Å². The van der Waals surface area contributed by atoms with Gasteiger partial charge in [0.05, 0.1) is 17.2 Å². The molecule has 0 radical (unpaired) electrons. The van der Waals surface area contributed by atoms with Crippen molar-refractivity contribution in [2.75, 3.05) is 6.61 Å². The number of hydrogen-bond donors (Lipinski definition) is 0. The van der Waals surface area contributed by atoms with Crippen LogP contribution in [0.25, 0.3) is 11.5 Å². The molecule has 0 aliphatic rings. The van der Waals surface area contributed by atoms with Crippen molar-refractivity contribution in [1.82, 2.24) is 10.2 Å². The molecule has 0 N–H and O–H groups in total. The first-order chi connectivity index (χ1) is 8.61. The fourth-order valence-electron chi connectivity index (χ4n) is 1.27. The number of benzene rings is 1. The highest BCUT2D eigenvalue weighted by atomic mass is 35.5. The van der Waals surface area contributed by atoms with Crippen molar-refractivity contribution in [3.8, 4) is 11.5 Å². The van der Waals surface area contributed by atoms with Crippen LogP contribution in [0.1, 0.15) is 17.6 Å². The summed E-state index contributed by atoms with van der Waals surface area (Å²) >= 11 is 11.8. The number of esters is 1. The van der Waals surface area contributed by atoms with Crippen molar-refractivity contribution in [3.05, 3.63) is 34.1 Å². The zero-order valence-corrected chi connectivity index (χ0v) is 10.8. The second-order valence-electron chi connectivity index (χ2n) is 3.26. The average Bonchev–Trinajstić information content (AvgIpc) is 2.78. The van der Waals surface area contributed by atoms with Crippen LogP contribution in [0.2, 0.25) is 10.0 Å². The van der Waals surface area contributed by atoms with E-state index in [2.05, 4.69) is 10.2 Å². The van der Waals surface area contributed by atoms with Crippen LogP contribution >= 0.6 is 23.2 Å². The van der Waals surface area contributed by atoms with E-state index < -0.39 is 5.97 Å². The van der Waals surface area contributed by atoms with Gasteiger partial charge in [-0.2, -0.15) is 0 Å². The fourth-order valence-corrected chi connectivity index (χ4v) is 1.76. The van der Waals surface area contributed by atoms with Gasteiger partial charge in [-0.25, -0.2) is 4.79 Å². The molecule has 0 aliphatic carbocycles. The molecule has 0 amide bonds. The van der Waals surface area contributed by atoms with Gasteiger partial charge in [0, 0.05) is 5.02 Å². The zero-order valence-electron chi connectivity index (χ0n) is 9.31. The van der Waals surface area contributed by atoms with Gasteiger partial charge in [-0.1, -0.05) is 23.2 Å². The van der Waals surface area contributed by atoms with Crippen LogP contribution in [-0.4, -0.2) is 22.8 Å². The summed E-state index contributed by atoms with van der Waals surface area (Å²) in [6.07, 6.45) is 0. The van der Waals surface area contributed by atoms with E-state index in [4.69, 9.17) is 32.4 Å².